The van der Waals surface area contributed by atoms with Gasteiger partial charge in [0.05, 0.1) is 30.1 Å². The summed E-state index contributed by atoms with van der Waals surface area (Å²) in [5.74, 6) is -0.420. The van der Waals surface area contributed by atoms with Crippen molar-refractivity contribution >= 4 is 5.97 Å². The largest absolute Gasteiger partial charge is 0.466 e. The highest BCUT2D eigenvalue weighted by Gasteiger charge is 2.27. The quantitative estimate of drug-likeness (QED) is 0.297. The Morgan fingerprint density at radius 3 is 2.31 bits per heavy atom. The van der Waals surface area contributed by atoms with E-state index >= 15 is 0 Å². The Balaban J connectivity index is 1.43. The summed E-state index contributed by atoms with van der Waals surface area (Å²) in [4.78, 5) is 14.4. The van der Waals surface area contributed by atoms with Gasteiger partial charge in [-0.25, -0.2) is 9.07 Å². The van der Waals surface area contributed by atoms with Gasteiger partial charge >= 0.3 is 5.97 Å². The van der Waals surface area contributed by atoms with Gasteiger partial charge in [0.25, 0.3) is 0 Å². The topological polar surface area (TPSA) is 47.4 Å². The highest BCUT2D eigenvalue weighted by atomic mass is 19.1. The molecule has 4 aromatic rings. The van der Waals surface area contributed by atoms with Crippen molar-refractivity contribution in [1.82, 2.24) is 14.7 Å². The molecule has 0 atom stereocenters. The third kappa shape index (κ3) is 5.09. The van der Waals surface area contributed by atoms with Crippen molar-refractivity contribution in [3.05, 3.63) is 96.4 Å². The minimum absolute atomic E-state index is 0.0434. The van der Waals surface area contributed by atoms with E-state index in [0.717, 1.165) is 54.0 Å². The third-order valence-electron chi connectivity index (χ3n) is 6.79. The fraction of sp³-hybridized carbons (Fsp3) is 0.267. The number of esters is 1. The first-order valence-corrected chi connectivity index (χ1v) is 12.5. The van der Waals surface area contributed by atoms with Crippen LogP contribution in [0.2, 0.25) is 0 Å². The van der Waals surface area contributed by atoms with Crippen LogP contribution in [0.3, 0.4) is 0 Å². The zero-order valence-corrected chi connectivity index (χ0v) is 20.4. The van der Waals surface area contributed by atoms with Crippen LogP contribution < -0.4 is 0 Å². The number of likely N-dealkylation sites (tertiary alicyclic amines) is 1. The van der Waals surface area contributed by atoms with Crippen LogP contribution in [0, 0.1) is 11.7 Å². The van der Waals surface area contributed by atoms with Gasteiger partial charge in [0.2, 0.25) is 0 Å². The molecule has 0 saturated carbocycles. The average Bonchev–Trinajstić information content (AvgIpc) is 3.33. The minimum Gasteiger partial charge on any atom is -0.466 e. The summed E-state index contributed by atoms with van der Waals surface area (Å²) < 4.78 is 22.0. The zero-order chi connectivity index (χ0) is 24.9. The number of piperidine rings is 1. The highest BCUT2D eigenvalue weighted by molar-refractivity contribution is 5.72. The van der Waals surface area contributed by atoms with E-state index in [1.807, 2.05) is 54.2 Å². The maximum Gasteiger partial charge on any atom is 0.309 e. The molecule has 0 radical (unpaired) electrons. The lowest BCUT2D eigenvalue weighted by atomic mass is 9.96. The number of hydrogen-bond acceptors (Lipinski definition) is 4. The molecule has 36 heavy (non-hydrogen) atoms. The second-order valence-corrected chi connectivity index (χ2v) is 9.13. The molecule has 0 unspecified atom stereocenters. The Kier molecular flexibility index (Phi) is 7.23. The second-order valence-electron chi connectivity index (χ2n) is 9.13. The molecule has 0 bridgehead atoms. The van der Waals surface area contributed by atoms with Gasteiger partial charge in [-0.05, 0) is 68.2 Å². The molecule has 1 saturated heterocycles. The smallest absolute Gasteiger partial charge is 0.309 e. The number of hydrogen-bond donors (Lipinski definition) is 0. The second kappa shape index (κ2) is 10.9. The zero-order valence-electron chi connectivity index (χ0n) is 20.4. The van der Waals surface area contributed by atoms with Crippen LogP contribution in [0.25, 0.3) is 28.1 Å². The average molecular weight is 484 g/mol. The van der Waals surface area contributed by atoms with Gasteiger partial charge in [-0.2, -0.15) is 5.10 Å². The maximum atomic E-state index is 15.0. The Hall–Kier alpha value is -3.77. The molecule has 0 amide bonds. The Bertz CT molecular complexity index is 1310. The van der Waals surface area contributed by atoms with Crippen LogP contribution in [0.1, 0.15) is 25.3 Å². The van der Waals surface area contributed by atoms with Gasteiger partial charge in [0.1, 0.15) is 5.82 Å². The van der Waals surface area contributed by atoms with Crippen molar-refractivity contribution in [2.45, 2.75) is 26.3 Å². The van der Waals surface area contributed by atoms with Gasteiger partial charge in [-0.3, -0.25) is 9.69 Å². The number of carbonyl (C=O) groups is 1. The molecule has 0 spiro atoms. The number of halogens is 1. The Morgan fingerprint density at radius 2 is 1.61 bits per heavy atom. The van der Waals surface area contributed by atoms with E-state index in [0.29, 0.717) is 18.7 Å². The van der Waals surface area contributed by atoms with Crippen molar-refractivity contribution in [2.24, 2.45) is 5.92 Å². The molecule has 1 aliphatic heterocycles. The van der Waals surface area contributed by atoms with Crippen LogP contribution in [0.4, 0.5) is 4.39 Å². The van der Waals surface area contributed by atoms with Crippen LogP contribution in [-0.4, -0.2) is 40.3 Å². The first-order chi connectivity index (χ1) is 17.6. The van der Waals surface area contributed by atoms with Crippen LogP contribution in [0.15, 0.2) is 85.1 Å². The number of benzene rings is 3. The lowest BCUT2D eigenvalue weighted by Crippen LogP contribution is -2.36. The monoisotopic (exact) mass is 483 g/mol. The van der Waals surface area contributed by atoms with Crippen LogP contribution in [0.5, 0.6) is 0 Å². The molecule has 3 aromatic carbocycles. The van der Waals surface area contributed by atoms with Crippen molar-refractivity contribution in [2.75, 3.05) is 19.7 Å². The SMILES string of the molecule is CCOC(=O)C1CCN(Cc2cnn(-c3ccc(-c4ccccc4)cc3)c2-c2ccccc2F)CC1. The summed E-state index contributed by atoms with van der Waals surface area (Å²) in [5.41, 5.74) is 5.38. The number of nitrogens with zero attached hydrogens (tertiary/aromatic N) is 3. The van der Waals surface area contributed by atoms with Crippen LogP contribution >= 0.6 is 0 Å². The third-order valence-corrected chi connectivity index (χ3v) is 6.79. The summed E-state index contributed by atoms with van der Waals surface area (Å²) in [7, 11) is 0. The molecule has 5 nitrogen and oxygen atoms in total. The van der Waals surface area contributed by atoms with E-state index in [1.54, 1.807) is 12.1 Å². The molecule has 0 aliphatic carbocycles. The van der Waals surface area contributed by atoms with Crippen molar-refractivity contribution in [3.63, 3.8) is 0 Å². The molecular weight excluding hydrogens is 453 g/mol. The molecular formula is C30H30FN3O2. The summed E-state index contributed by atoms with van der Waals surface area (Å²) >= 11 is 0. The normalized spacial score (nSPS) is 14.6. The van der Waals surface area contributed by atoms with Crippen molar-refractivity contribution in [3.8, 4) is 28.1 Å². The summed E-state index contributed by atoms with van der Waals surface area (Å²) in [6.45, 7) is 4.47. The molecule has 1 fully saturated rings. The van der Waals surface area contributed by atoms with Crippen LogP contribution in [-0.2, 0) is 16.1 Å². The molecule has 2 heterocycles. The van der Waals surface area contributed by atoms with E-state index in [1.165, 1.54) is 6.07 Å². The maximum absolute atomic E-state index is 15.0. The Morgan fingerprint density at radius 1 is 0.944 bits per heavy atom. The van der Waals surface area contributed by atoms with Crippen molar-refractivity contribution in [1.29, 1.82) is 0 Å². The first-order valence-electron chi connectivity index (χ1n) is 12.5. The summed E-state index contributed by atoms with van der Waals surface area (Å²) in [6, 6.07) is 25.2. The molecule has 5 rings (SSSR count). The van der Waals surface area contributed by atoms with Crippen molar-refractivity contribution < 1.29 is 13.9 Å². The first kappa shape index (κ1) is 23.9. The number of carbonyl (C=O) groups excluding carboxylic acids is 1. The molecule has 184 valence electrons. The predicted molar refractivity (Wildman–Crippen MR) is 139 cm³/mol. The van der Waals surface area contributed by atoms with Gasteiger partial charge in [-0.1, -0.05) is 54.6 Å². The predicted octanol–water partition coefficient (Wildman–Crippen LogP) is 6.12. The number of ether oxygens (including phenoxy) is 1. The summed E-state index contributed by atoms with van der Waals surface area (Å²) in [6.07, 6.45) is 3.37. The number of rotatable bonds is 7. The van der Waals surface area contributed by atoms with E-state index in [4.69, 9.17) is 4.74 Å². The number of aromatic nitrogens is 2. The fourth-order valence-electron chi connectivity index (χ4n) is 4.89. The van der Waals surface area contributed by atoms with Gasteiger partial charge in [0, 0.05) is 17.7 Å². The molecule has 6 heteroatoms. The molecule has 1 aromatic heterocycles. The molecule has 0 N–H and O–H groups in total. The molecule has 1 aliphatic rings. The summed E-state index contributed by atoms with van der Waals surface area (Å²) in [5, 5.41) is 4.69. The van der Waals surface area contributed by atoms with Gasteiger partial charge in [-0.15, -0.1) is 0 Å². The van der Waals surface area contributed by atoms with E-state index in [-0.39, 0.29) is 17.7 Å². The lowest BCUT2D eigenvalue weighted by Gasteiger charge is -2.30. The van der Waals surface area contributed by atoms with E-state index < -0.39 is 0 Å². The minimum atomic E-state index is -0.276. The fourth-order valence-corrected chi connectivity index (χ4v) is 4.89. The van der Waals surface area contributed by atoms with E-state index in [9.17, 15) is 9.18 Å². The standard InChI is InChI=1S/C30H30FN3O2/c1-2-36-30(35)24-16-18-33(19-17-24)21-25-20-32-34(29(25)27-10-6-7-11-28(27)31)26-14-12-23(13-15-26)22-8-4-3-5-9-22/h3-15,20,24H,2,16-19,21H2,1H3. The van der Waals surface area contributed by atoms with Gasteiger partial charge < -0.3 is 4.74 Å². The lowest BCUT2D eigenvalue weighted by molar-refractivity contribution is -0.149. The highest BCUT2D eigenvalue weighted by Crippen LogP contribution is 2.31. The Labute approximate surface area is 211 Å². The van der Waals surface area contributed by atoms with E-state index in [2.05, 4.69) is 34.3 Å². The van der Waals surface area contributed by atoms with Gasteiger partial charge in [0.15, 0.2) is 0 Å².